The zero-order valence-corrected chi connectivity index (χ0v) is 10.7. The summed E-state index contributed by atoms with van der Waals surface area (Å²) in [5.41, 5.74) is 1.85. The number of benzene rings is 1. The van der Waals surface area contributed by atoms with Crippen molar-refractivity contribution in [3.05, 3.63) is 34.8 Å². The minimum Gasteiger partial charge on any atom is -0.484 e. The third-order valence-corrected chi connectivity index (χ3v) is 3.88. The first kappa shape index (κ1) is 10.4. The highest BCUT2D eigenvalue weighted by Gasteiger charge is 2.47. The Balaban J connectivity index is 2.13. The minimum absolute atomic E-state index is 0.00528. The molecule has 1 aromatic rings. The van der Waals surface area contributed by atoms with Crippen molar-refractivity contribution in [2.24, 2.45) is 0 Å². The van der Waals surface area contributed by atoms with E-state index in [0.29, 0.717) is 0 Å². The van der Waals surface area contributed by atoms with Crippen LogP contribution in [0.3, 0.4) is 0 Å². The first-order valence-corrected chi connectivity index (χ1v) is 6.19. The molecule has 84 valence electrons. The zero-order valence-electron chi connectivity index (χ0n) is 9.13. The SMILES string of the molecule is C=C1c2cc(Br)ccc2OC2(C)CCO[C@H]12. The molecule has 0 N–H and O–H groups in total. The van der Waals surface area contributed by atoms with Gasteiger partial charge in [-0.15, -0.1) is 0 Å². The summed E-state index contributed by atoms with van der Waals surface area (Å²) in [7, 11) is 0. The van der Waals surface area contributed by atoms with E-state index in [1.54, 1.807) is 0 Å². The summed E-state index contributed by atoms with van der Waals surface area (Å²) in [5.74, 6) is 0.914. The molecule has 0 aromatic heterocycles. The Bertz CT molecular complexity index is 469. The summed E-state index contributed by atoms with van der Waals surface area (Å²) in [4.78, 5) is 0. The van der Waals surface area contributed by atoms with E-state index >= 15 is 0 Å². The molecule has 1 aromatic carbocycles. The van der Waals surface area contributed by atoms with Crippen LogP contribution >= 0.6 is 15.9 Å². The van der Waals surface area contributed by atoms with Crippen LogP contribution in [0, 0.1) is 0 Å². The molecule has 2 heterocycles. The maximum atomic E-state index is 6.06. The summed E-state index contributed by atoms with van der Waals surface area (Å²) in [6.45, 7) is 7.00. The van der Waals surface area contributed by atoms with Crippen LogP contribution in [-0.2, 0) is 4.74 Å². The van der Waals surface area contributed by atoms with Gasteiger partial charge in [-0.1, -0.05) is 22.5 Å². The Morgan fingerprint density at radius 2 is 2.31 bits per heavy atom. The third-order valence-electron chi connectivity index (χ3n) is 3.38. The summed E-state index contributed by atoms with van der Waals surface area (Å²) >= 11 is 3.47. The third kappa shape index (κ3) is 1.35. The molecule has 0 bridgehead atoms. The number of rotatable bonds is 0. The molecule has 2 aliphatic heterocycles. The maximum Gasteiger partial charge on any atom is 0.139 e. The van der Waals surface area contributed by atoms with Crippen LogP contribution < -0.4 is 4.74 Å². The fourth-order valence-corrected chi connectivity index (χ4v) is 2.86. The van der Waals surface area contributed by atoms with Gasteiger partial charge in [0.15, 0.2) is 0 Å². The van der Waals surface area contributed by atoms with Gasteiger partial charge in [0.25, 0.3) is 0 Å². The average Bonchev–Trinajstić information content (AvgIpc) is 2.62. The van der Waals surface area contributed by atoms with Gasteiger partial charge in [0.05, 0.1) is 6.61 Å². The number of ether oxygens (including phenoxy) is 2. The largest absolute Gasteiger partial charge is 0.484 e. The summed E-state index contributed by atoms with van der Waals surface area (Å²) in [6, 6.07) is 6.02. The van der Waals surface area contributed by atoms with Crippen molar-refractivity contribution in [2.75, 3.05) is 6.61 Å². The molecular formula is C13H13BrO2. The molecule has 0 amide bonds. The topological polar surface area (TPSA) is 18.5 Å². The standard InChI is InChI=1S/C13H13BrO2/c1-8-10-7-9(14)3-4-11(10)16-13(2)5-6-15-12(8)13/h3-4,7,12H,1,5-6H2,2H3/t12-,13?/m1/s1. The molecule has 2 atom stereocenters. The van der Waals surface area contributed by atoms with Crippen molar-refractivity contribution in [3.63, 3.8) is 0 Å². The second-order valence-corrected chi connectivity index (χ2v) is 5.50. The van der Waals surface area contributed by atoms with Gasteiger partial charge in [0.1, 0.15) is 17.5 Å². The van der Waals surface area contributed by atoms with Crippen LogP contribution in [0.1, 0.15) is 18.9 Å². The van der Waals surface area contributed by atoms with Crippen molar-refractivity contribution in [1.82, 2.24) is 0 Å². The molecule has 0 spiro atoms. The highest BCUT2D eigenvalue weighted by atomic mass is 79.9. The Kier molecular flexibility index (Phi) is 2.17. The molecular weight excluding hydrogens is 268 g/mol. The molecule has 0 saturated carbocycles. The van der Waals surface area contributed by atoms with E-state index in [4.69, 9.17) is 9.47 Å². The molecule has 2 aliphatic rings. The minimum atomic E-state index is -0.238. The van der Waals surface area contributed by atoms with E-state index in [-0.39, 0.29) is 11.7 Å². The Labute approximate surface area is 103 Å². The van der Waals surface area contributed by atoms with Gasteiger partial charge < -0.3 is 9.47 Å². The van der Waals surface area contributed by atoms with Gasteiger partial charge in [-0.3, -0.25) is 0 Å². The first-order valence-electron chi connectivity index (χ1n) is 5.39. The number of fused-ring (bicyclic) bond motifs is 2. The van der Waals surface area contributed by atoms with E-state index in [1.165, 1.54) is 0 Å². The molecule has 2 nitrogen and oxygen atoms in total. The van der Waals surface area contributed by atoms with Gasteiger partial charge in [0, 0.05) is 16.5 Å². The zero-order chi connectivity index (χ0) is 11.3. The second-order valence-electron chi connectivity index (χ2n) is 4.58. The summed E-state index contributed by atoms with van der Waals surface area (Å²) in [6.07, 6.45) is 0.918. The van der Waals surface area contributed by atoms with Gasteiger partial charge in [-0.2, -0.15) is 0 Å². The van der Waals surface area contributed by atoms with Crippen LogP contribution in [0.2, 0.25) is 0 Å². The van der Waals surface area contributed by atoms with Crippen LogP contribution in [0.25, 0.3) is 5.57 Å². The van der Waals surface area contributed by atoms with E-state index in [0.717, 1.165) is 34.4 Å². The molecule has 1 unspecified atom stereocenters. The summed E-state index contributed by atoms with van der Waals surface area (Å²) in [5, 5.41) is 0. The Morgan fingerprint density at radius 1 is 1.50 bits per heavy atom. The van der Waals surface area contributed by atoms with E-state index in [1.807, 2.05) is 18.2 Å². The number of halogens is 1. The second kappa shape index (κ2) is 3.34. The van der Waals surface area contributed by atoms with Crippen LogP contribution in [0.4, 0.5) is 0 Å². The predicted octanol–water partition coefficient (Wildman–Crippen LogP) is 3.40. The van der Waals surface area contributed by atoms with Crippen LogP contribution in [0.5, 0.6) is 5.75 Å². The lowest BCUT2D eigenvalue weighted by molar-refractivity contribution is 0.0197. The van der Waals surface area contributed by atoms with Crippen molar-refractivity contribution >= 4 is 21.5 Å². The quantitative estimate of drug-likeness (QED) is 0.725. The van der Waals surface area contributed by atoms with E-state index in [9.17, 15) is 0 Å². The van der Waals surface area contributed by atoms with Gasteiger partial charge >= 0.3 is 0 Å². The van der Waals surface area contributed by atoms with Crippen LogP contribution in [-0.4, -0.2) is 18.3 Å². The van der Waals surface area contributed by atoms with Gasteiger partial charge in [-0.25, -0.2) is 0 Å². The van der Waals surface area contributed by atoms with Crippen LogP contribution in [0.15, 0.2) is 29.3 Å². The molecule has 3 rings (SSSR count). The average molecular weight is 281 g/mol. The predicted molar refractivity (Wildman–Crippen MR) is 66.6 cm³/mol. The number of hydrogen-bond acceptors (Lipinski definition) is 2. The lowest BCUT2D eigenvalue weighted by Crippen LogP contribution is -2.44. The lowest BCUT2D eigenvalue weighted by atomic mass is 9.86. The van der Waals surface area contributed by atoms with Crippen molar-refractivity contribution < 1.29 is 9.47 Å². The van der Waals surface area contributed by atoms with Crippen molar-refractivity contribution in [2.45, 2.75) is 25.0 Å². The van der Waals surface area contributed by atoms with E-state index in [2.05, 4.69) is 29.4 Å². The first-order chi connectivity index (χ1) is 7.60. The lowest BCUT2D eigenvalue weighted by Gasteiger charge is -2.38. The molecule has 0 aliphatic carbocycles. The maximum absolute atomic E-state index is 6.06. The van der Waals surface area contributed by atoms with Crippen molar-refractivity contribution in [1.29, 1.82) is 0 Å². The van der Waals surface area contributed by atoms with Gasteiger partial charge in [0.2, 0.25) is 0 Å². The smallest absolute Gasteiger partial charge is 0.139 e. The molecule has 3 heteroatoms. The molecule has 0 radical (unpaired) electrons. The fourth-order valence-electron chi connectivity index (χ4n) is 2.50. The monoisotopic (exact) mass is 280 g/mol. The van der Waals surface area contributed by atoms with Gasteiger partial charge in [-0.05, 0) is 30.7 Å². The molecule has 16 heavy (non-hydrogen) atoms. The highest BCUT2D eigenvalue weighted by molar-refractivity contribution is 9.10. The number of hydrogen-bond donors (Lipinski definition) is 0. The Hall–Kier alpha value is -0.800. The highest BCUT2D eigenvalue weighted by Crippen LogP contribution is 2.46. The molecule has 1 fully saturated rings. The Morgan fingerprint density at radius 3 is 3.12 bits per heavy atom. The fraction of sp³-hybridized carbons (Fsp3) is 0.385. The van der Waals surface area contributed by atoms with Crippen molar-refractivity contribution in [3.8, 4) is 5.75 Å². The molecule has 1 saturated heterocycles. The normalized spacial score (nSPS) is 31.9. The summed E-state index contributed by atoms with van der Waals surface area (Å²) < 4.78 is 12.8. The van der Waals surface area contributed by atoms with E-state index < -0.39 is 0 Å².